The molecule has 1 heterocycles. The predicted molar refractivity (Wildman–Crippen MR) is 79.7 cm³/mol. The molecule has 112 valence electrons. The monoisotopic (exact) mass is 287 g/mol. The second-order valence-corrected chi connectivity index (χ2v) is 5.76. The molecule has 0 radical (unpaired) electrons. The zero-order chi connectivity index (χ0) is 14.7. The van der Waals surface area contributed by atoms with E-state index in [-0.39, 0.29) is 12.2 Å². The van der Waals surface area contributed by atoms with Crippen molar-refractivity contribution in [3.05, 3.63) is 41.8 Å². The Balaban J connectivity index is 1.59. The lowest BCUT2D eigenvalue weighted by Gasteiger charge is -2.25. The highest BCUT2D eigenvalue weighted by atomic mass is 16.5. The molecule has 1 fully saturated rings. The third-order valence-electron chi connectivity index (χ3n) is 3.92. The molecule has 4 nitrogen and oxygen atoms in total. The average molecular weight is 287 g/mol. The van der Waals surface area contributed by atoms with Crippen molar-refractivity contribution in [3.8, 4) is 11.5 Å². The minimum absolute atomic E-state index is 0.133. The maximum Gasteiger partial charge on any atom is 0.226 e. The van der Waals surface area contributed by atoms with E-state index in [0.29, 0.717) is 12.5 Å². The molecule has 2 atom stereocenters. The van der Waals surface area contributed by atoms with Gasteiger partial charge in [0.15, 0.2) is 0 Å². The molecule has 4 heteroatoms. The van der Waals surface area contributed by atoms with E-state index in [9.17, 15) is 5.11 Å². The Bertz CT molecular complexity index is 576. The molecule has 3 rings (SSSR count). The predicted octanol–water partition coefficient (Wildman–Crippen LogP) is 3.47. The fourth-order valence-electron chi connectivity index (χ4n) is 2.68. The van der Waals surface area contributed by atoms with E-state index in [1.807, 2.05) is 24.3 Å². The standard InChI is InChI=1S/C17H21NO3/c1-12-5-7-13(8-6-12)17-18-14(11-21-17)10-20-16-4-2-3-15(19)9-16/h5-8,11,15-16,19H,2-4,9-10H2,1H3/t15-,16+/m1/s1. The number of rotatable bonds is 4. The molecule has 0 spiro atoms. The molecule has 1 N–H and O–H groups in total. The van der Waals surface area contributed by atoms with Gasteiger partial charge in [0.2, 0.25) is 5.89 Å². The Morgan fingerprint density at radius 2 is 2.10 bits per heavy atom. The molecule has 1 aliphatic rings. The van der Waals surface area contributed by atoms with E-state index in [1.165, 1.54) is 5.56 Å². The largest absolute Gasteiger partial charge is 0.444 e. The second-order valence-electron chi connectivity index (χ2n) is 5.76. The van der Waals surface area contributed by atoms with Gasteiger partial charge in [-0.25, -0.2) is 4.98 Å². The summed E-state index contributed by atoms with van der Waals surface area (Å²) in [5, 5.41) is 9.64. The van der Waals surface area contributed by atoms with Gasteiger partial charge in [-0.15, -0.1) is 0 Å². The van der Waals surface area contributed by atoms with Crippen LogP contribution in [-0.2, 0) is 11.3 Å². The van der Waals surface area contributed by atoms with E-state index in [1.54, 1.807) is 6.26 Å². The van der Waals surface area contributed by atoms with E-state index in [2.05, 4.69) is 11.9 Å². The van der Waals surface area contributed by atoms with Crippen molar-refractivity contribution >= 4 is 0 Å². The van der Waals surface area contributed by atoms with Crippen LogP contribution >= 0.6 is 0 Å². The summed E-state index contributed by atoms with van der Waals surface area (Å²) in [6.45, 7) is 2.49. The summed E-state index contributed by atoms with van der Waals surface area (Å²) in [5.41, 5.74) is 2.98. The van der Waals surface area contributed by atoms with Crippen LogP contribution in [0, 0.1) is 6.92 Å². The summed E-state index contributed by atoms with van der Waals surface area (Å²) in [4.78, 5) is 4.46. The van der Waals surface area contributed by atoms with Gasteiger partial charge in [0.25, 0.3) is 0 Å². The van der Waals surface area contributed by atoms with E-state index < -0.39 is 0 Å². The molecule has 1 aliphatic carbocycles. The van der Waals surface area contributed by atoms with E-state index >= 15 is 0 Å². The Labute approximate surface area is 124 Å². The maximum absolute atomic E-state index is 9.64. The van der Waals surface area contributed by atoms with Crippen LogP contribution in [-0.4, -0.2) is 22.3 Å². The zero-order valence-corrected chi connectivity index (χ0v) is 12.3. The number of nitrogens with zero attached hydrogens (tertiary/aromatic N) is 1. The first-order valence-electron chi connectivity index (χ1n) is 7.52. The molecule has 0 aliphatic heterocycles. The zero-order valence-electron chi connectivity index (χ0n) is 12.3. The minimum Gasteiger partial charge on any atom is -0.444 e. The first-order chi connectivity index (χ1) is 10.2. The summed E-state index contributed by atoms with van der Waals surface area (Å²) >= 11 is 0. The average Bonchev–Trinajstić information content (AvgIpc) is 2.95. The Kier molecular flexibility index (Phi) is 4.36. The molecule has 0 unspecified atom stereocenters. The van der Waals surface area contributed by atoms with Crippen LogP contribution in [0.4, 0.5) is 0 Å². The number of oxazole rings is 1. The summed E-state index contributed by atoms with van der Waals surface area (Å²) in [6.07, 6.45) is 5.22. The van der Waals surface area contributed by atoms with Crippen LogP contribution in [0.3, 0.4) is 0 Å². The molecular weight excluding hydrogens is 266 g/mol. The number of hydrogen-bond acceptors (Lipinski definition) is 4. The number of aliphatic hydroxyl groups excluding tert-OH is 1. The topological polar surface area (TPSA) is 55.5 Å². The molecular formula is C17H21NO3. The van der Waals surface area contributed by atoms with Gasteiger partial charge in [-0.2, -0.15) is 0 Å². The van der Waals surface area contributed by atoms with Crippen LogP contribution in [0.1, 0.15) is 36.9 Å². The summed E-state index contributed by atoms with van der Waals surface area (Å²) < 4.78 is 11.3. The van der Waals surface area contributed by atoms with E-state index in [0.717, 1.165) is 36.9 Å². The van der Waals surface area contributed by atoms with Gasteiger partial charge in [0, 0.05) is 5.56 Å². The van der Waals surface area contributed by atoms with Crippen molar-refractivity contribution in [1.29, 1.82) is 0 Å². The smallest absolute Gasteiger partial charge is 0.226 e. The Hall–Kier alpha value is -1.65. The third kappa shape index (κ3) is 3.71. The number of hydrogen-bond donors (Lipinski definition) is 1. The van der Waals surface area contributed by atoms with Gasteiger partial charge in [-0.3, -0.25) is 0 Å². The van der Waals surface area contributed by atoms with Gasteiger partial charge in [0.05, 0.1) is 18.8 Å². The molecule has 0 saturated heterocycles. The highest BCUT2D eigenvalue weighted by molar-refractivity contribution is 5.53. The fraction of sp³-hybridized carbons (Fsp3) is 0.471. The van der Waals surface area contributed by atoms with Crippen LogP contribution < -0.4 is 0 Å². The summed E-state index contributed by atoms with van der Waals surface area (Å²) in [6, 6.07) is 8.09. The van der Waals surface area contributed by atoms with Gasteiger partial charge in [-0.1, -0.05) is 17.7 Å². The van der Waals surface area contributed by atoms with Crippen molar-refractivity contribution in [3.63, 3.8) is 0 Å². The number of aliphatic hydroxyl groups is 1. The lowest BCUT2D eigenvalue weighted by atomic mass is 9.95. The fourth-order valence-corrected chi connectivity index (χ4v) is 2.68. The van der Waals surface area contributed by atoms with Gasteiger partial charge < -0.3 is 14.3 Å². The Morgan fingerprint density at radius 1 is 1.29 bits per heavy atom. The number of aromatic nitrogens is 1. The molecule has 0 bridgehead atoms. The Morgan fingerprint density at radius 3 is 2.86 bits per heavy atom. The lowest BCUT2D eigenvalue weighted by molar-refractivity contribution is -0.0238. The molecule has 1 aromatic carbocycles. The molecule has 1 aromatic heterocycles. The van der Waals surface area contributed by atoms with Crippen molar-refractivity contribution in [2.75, 3.05) is 0 Å². The first-order valence-corrected chi connectivity index (χ1v) is 7.52. The van der Waals surface area contributed by atoms with Crippen molar-refractivity contribution < 1.29 is 14.3 Å². The van der Waals surface area contributed by atoms with Crippen molar-refractivity contribution in [2.24, 2.45) is 0 Å². The molecule has 0 amide bonds. The summed E-state index contributed by atoms with van der Waals surface area (Å²) in [5.74, 6) is 0.622. The van der Waals surface area contributed by atoms with Gasteiger partial charge in [-0.05, 0) is 44.7 Å². The lowest BCUT2D eigenvalue weighted by Crippen LogP contribution is -2.25. The SMILES string of the molecule is Cc1ccc(-c2nc(CO[C@H]3CCC[C@@H](O)C3)co2)cc1. The van der Waals surface area contributed by atoms with E-state index in [4.69, 9.17) is 9.15 Å². The summed E-state index contributed by atoms with van der Waals surface area (Å²) in [7, 11) is 0. The highest BCUT2D eigenvalue weighted by Gasteiger charge is 2.21. The molecule has 21 heavy (non-hydrogen) atoms. The number of benzene rings is 1. The van der Waals surface area contributed by atoms with Gasteiger partial charge >= 0.3 is 0 Å². The van der Waals surface area contributed by atoms with Gasteiger partial charge in [0.1, 0.15) is 12.0 Å². The van der Waals surface area contributed by atoms with Crippen LogP contribution in [0.25, 0.3) is 11.5 Å². The van der Waals surface area contributed by atoms with Crippen LogP contribution in [0.15, 0.2) is 34.9 Å². The second kappa shape index (κ2) is 6.41. The minimum atomic E-state index is -0.218. The molecule has 1 saturated carbocycles. The number of ether oxygens (including phenoxy) is 1. The maximum atomic E-state index is 9.64. The third-order valence-corrected chi connectivity index (χ3v) is 3.92. The van der Waals surface area contributed by atoms with Crippen molar-refractivity contribution in [2.45, 2.75) is 51.4 Å². The van der Waals surface area contributed by atoms with Crippen molar-refractivity contribution in [1.82, 2.24) is 4.98 Å². The first kappa shape index (κ1) is 14.3. The molecule has 2 aromatic rings. The highest BCUT2D eigenvalue weighted by Crippen LogP contribution is 2.23. The quantitative estimate of drug-likeness (QED) is 0.935. The van der Waals surface area contributed by atoms with Crippen LogP contribution in [0.2, 0.25) is 0 Å². The number of aryl methyl sites for hydroxylation is 1. The van der Waals surface area contributed by atoms with Crippen LogP contribution in [0.5, 0.6) is 0 Å². The normalized spacial score (nSPS) is 22.4.